The van der Waals surface area contributed by atoms with Crippen LogP contribution in [0.25, 0.3) is 0 Å². The van der Waals surface area contributed by atoms with E-state index in [9.17, 15) is 50.1 Å². The van der Waals surface area contributed by atoms with Crippen molar-refractivity contribution in [1.82, 2.24) is 0 Å². The van der Waals surface area contributed by atoms with Crippen molar-refractivity contribution in [1.29, 1.82) is 0 Å². The molecule has 3 fully saturated rings. The fraction of sp³-hybridized carbons (Fsp3) is 0.714. The van der Waals surface area contributed by atoms with Crippen molar-refractivity contribution in [2.75, 3.05) is 34.6 Å². The number of carbonyl (C=O) groups is 4. The molecule has 45 heavy (non-hydrogen) atoms. The number of carboxylic acids is 1. The van der Waals surface area contributed by atoms with Gasteiger partial charge in [-0.25, -0.2) is 35.9 Å². The van der Waals surface area contributed by atoms with Crippen LogP contribution in [0.15, 0.2) is 23.3 Å². The molecular weight excluding hydrogens is 641 g/mol. The maximum Gasteiger partial charge on any atom is 0.341 e. The van der Waals surface area contributed by atoms with Crippen molar-refractivity contribution >= 4 is 31.3 Å². The van der Waals surface area contributed by atoms with Gasteiger partial charge in [-0.15, -0.1) is 0 Å². The molecule has 0 spiro atoms. The van der Waals surface area contributed by atoms with Gasteiger partial charge in [0.15, 0.2) is 0 Å². The number of hydrogen-bond acceptors (Lipinski definition) is 9. The van der Waals surface area contributed by atoms with Gasteiger partial charge in [0, 0.05) is 77.7 Å². The van der Waals surface area contributed by atoms with Gasteiger partial charge in [-0.2, -0.15) is 0 Å². The number of aliphatic carboxylic acids is 1. The molecule has 3 aliphatic carbocycles. The van der Waals surface area contributed by atoms with Gasteiger partial charge < -0.3 is 23.6 Å². The van der Waals surface area contributed by atoms with Gasteiger partial charge in [0.1, 0.15) is 11.9 Å². The zero-order valence-corrected chi connectivity index (χ0v) is 26.6. The van der Waals surface area contributed by atoms with Gasteiger partial charge in [-0.05, 0) is 25.7 Å². The summed E-state index contributed by atoms with van der Waals surface area (Å²) in [6, 6.07) is 0. The highest BCUT2D eigenvalue weighted by Gasteiger charge is 2.34. The number of carbonyl (C=O) groups excluding carboxylic acids is 3. The summed E-state index contributed by atoms with van der Waals surface area (Å²) >= 11 is 0. The molecule has 0 aromatic carbocycles. The number of ether oxygens (including phenoxy) is 2. The molecule has 0 aromatic rings. The first-order valence-electron chi connectivity index (χ1n) is 13.8. The van der Waals surface area contributed by atoms with Crippen LogP contribution < -0.4 is 0 Å². The summed E-state index contributed by atoms with van der Waals surface area (Å²) in [4.78, 5) is 41.9. The van der Waals surface area contributed by atoms with Crippen LogP contribution in [0.4, 0.5) is 26.3 Å². The third-order valence-electron chi connectivity index (χ3n) is 6.74. The smallest absolute Gasteiger partial charge is 0.341 e. The normalized spacial score (nSPS) is 19.9. The van der Waals surface area contributed by atoms with Crippen molar-refractivity contribution in [2.24, 2.45) is 0 Å². The van der Waals surface area contributed by atoms with Gasteiger partial charge in [-0.3, -0.25) is 14.2 Å². The molecule has 0 aromatic heterocycles. The highest BCUT2D eigenvalue weighted by molar-refractivity contribution is 7.54. The molecule has 0 heterocycles. The number of halogens is 6. The molecule has 3 saturated carbocycles. The Morgan fingerprint density at radius 2 is 1.04 bits per heavy atom. The largest absolute Gasteiger partial charge is 0.478 e. The molecule has 0 unspecified atom stereocenters. The number of ketones is 1. The Hall–Kier alpha value is -2.71. The number of esters is 2. The van der Waals surface area contributed by atoms with Crippen LogP contribution in [0.3, 0.4) is 0 Å². The Morgan fingerprint density at radius 1 is 0.689 bits per heavy atom. The number of carboxylic acid groups (broad SMARTS) is 1. The van der Waals surface area contributed by atoms with Gasteiger partial charge in [0.2, 0.25) is 17.8 Å². The first kappa shape index (κ1) is 42.3. The highest BCUT2D eigenvalue weighted by Crippen LogP contribution is 2.46. The summed E-state index contributed by atoms with van der Waals surface area (Å²) in [6.45, 7) is 0. The minimum Gasteiger partial charge on any atom is -0.478 e. The van der Waals surface area contributed by atoms with E-state index in [1.807, 2.05) is 0 Å². The summed E-state index contributed by atoms with van der Waals surface area (Å²) in [7, 11) is 1.68. The Morgan fingerprint density at radius 3 is 1.33 bits per heavy atom. The molecule has 1 N–H and O–H groups in total. The number of alkyl halides is 6. The van der Waals surface area contributed by atoms with Crippen LogP contribution in [0.5, 0.6) is 0 Å². The van der Waals surface area contributed by atoms with E-state index in [1.165, 1.54) is 34.5 Å². The summed E-state index contributed by atoms with van der Waals surface area (Å²) in [6.07, 6.45) is 1.89. The number of methoxy groups -OCH3 is 2. The molecule has 0 amide bonds. The zero-order chi connectivity index (χ0) is 34.9. The lowest BCUT2D eigenvalue weighted by atomic mass is 9.92. The third kappa shape index (κ3) is 20.1. The molecule has 3 aliphatic rings. The minimum absolute atomic E-state index is 0.0269. The van der Waals surface area contributed by atoms with E-state index in [2.05, 4.69) is 18.5 Å². The Balaban J connectivity index is 0.000000578. The van der Waals surface area contributed by atoms with Crippen LogP contribution in [-0.2, 0) is 42.3 Å². The molecular formula is C28H41F6O10P. The molecule has 260 valence electrons. The van der Waals surface area contributed by atoms with Gasteiger partial charge in [-0.1, -0.05) is 11.1 Å². The van der Waals surface area contributed by atoms with E-state index in [4.69, 9.17) is 5.11 Å². The minimum atomic E-state index is -3.23. The first-order chi connectivity index (χ1) is 20.7. The Kier molecular flexibility index (Phi) is 18.5. The Bertz CT molecular complexity index is 1060. The van der Waals surface area contributed by atoms with Crippen LogP contribution in [-0.4, -0.2) is 81.2 Å². The second-order valence-electron chi connectivity index (χ2n) is 10.3. The van der Waals surface area contributed by atoms with E-state index in [0.29, 0.717) is 18.4 Å². The third-order valence-corrected chi connectivity index (χ3v) is 8.50. The van der Waals surface area contributed by atoms with E-state index in [0.717, 1.165) is 11.6 Å². The monoisotopic (exact) mass is 682 g/mol. The van der Waals surface area contributed by atoms with Gasteiger partial charge in [0.05, 0.1) is 14.2 Å². The zero-order valence-electron chi connectivity index (χ0n) is 25.7. The maximum absolute atomic E-state index is 12.7. The molecule has 3 rings (SSSR count). The van der Waals surface area contributed by atoms with E-state index < -0.39 is 43.3 Å². The van der Waals surface area contributed by atoms with Gasteiger partial charge in [0.25, 0.3) is 0 Å². The summed E-state index contributed by atoms with van der Waals surface area (Å²) < 4.78 is 104. The van der Waals surface area contributed by atoms with Gasteiger partial charge >= 0.3 is 25.5 Å². The predicted octanol–water partition coefficient (Wildman–Crippen LogP) is 6.91. The van der Waals surface area contributed by atoms with Crippen molar-refractivity contribution in [3.8, 4) is 0 Å². The van der Waals surface area contributed by atoms with Crippen molar-refractivity contribution in [3.05, 3.63) is 23.3 Å². The SMILES string of the molecule is COC(=O)C=C1CCC(F)(F)CC1.COC(=O)CP(=O)(OC)OC.O=C(O)C=C1CCC(F)(F)CC1.O=C1CCC(F)(F)CC1. The molecule has 0 bridgehead atoms. The average molecular weight is 683 g/mol. The molecule has 10 nitrogen and oxygen atoms in total. The number of hydrogen-bond donors (Lipinski definition) is 1. The van der Waals surface area contributed by atoms with E-state index >= 15 is 0 Å². The Labute approximate surface area is 258 Å². The molecule has 0 saturated heterocycles. The second-order valence-corrected chi connectivity index (χ2v) is 12.6. The van der Waals surface area contributed by atoms with Crippen LogP contribution in [0.2, 0.25) is 0 Å². The fourth-order valence-electron chi connectivity index (χ4n) is 3.88. The van der Waals surface area contributed by atoms with E-state index in [-0.39, 0.29) is 76.2 Å². The topological polar surface area (TPSA) is 143 Å². The maximum atomic E-state index is 12.7. The summed E-state index contributed by atoms with van der Waals surface area (Å²) in [5, 5.41) is 8.33. The molecule has 17 heteroatoms. The van der Waals surface area contributed by atoms with Crippen molar-refractivity contribution < 1.29 is 73.7 Å². The fourth-order valence-corrected chi connectivity index (χ4v) is 4.74. The highest BCUT2D eigenvalue weighted by atomic mass is 31.2. The number of allylic oxidation sites excluding steroid dienone is 2. The lowest BCUT2D eigenvalue weighted by Crippen LogP contribution is -2.24. The van der Waals surface area contributed by atoms with Crippen molar-refractivity contribution in [3.63, 3.8) is 0 Å². The molecule has 0 aliphatic heterocycles. The van der Waals surface area contributed by atoms with E-state index in [1.54, 1.807) is 0 Å². The van der Waals surface area contributed by atoms with Crippen LogP contribution >= 0.6 is 7.60 Å². The standard InChI is InChI=1S/C9H12F2O2.C8H10F2O2.C6H8F2O.C5H11O5P/c1-13-8(12)6-7-2-4-9(10,11)5-3-7;9-8(10)3-1-6(2-4-8)5-7(11)12;7-6(8)3-1-5(9)2-4-6;1-8-5(6)4-11(7,9-2)10-3/h6H,2-5H2,1H3;5H,1-4H2,(H,11,12);1-4H2;4H2,1-3H3. The second kappa shape index (κ2) is 19.7. The number of rotatable bonds is 6. The first-order valence-corrected chi connectivity index (χ1v) is 15.6. The summed E-state index contributed by atoms with van der Waals surface area (Å²) in [5.41, 5.74) is 1.38. The molecule has 0 atom stereocenters. The molecule has 0 radical (unpaired) electrons. The van der Waals surface area contributed by atoms with Crippen molar-refractivity contribution in [2.45, 2.75) is 94.8 Å². The van der Waals surface area contributed by atoms with Crippen LogP contribution in [0, 0.1) is 0 Å². The number of Topliss-reactive ketones (excluding diaryl/α,β-unsaturated/α-hetero) is 1. The predicted molar refractivity (Wildman–Crippen MR) is 150 cm³/mol. The quantitative estimate of drug-likeness (QED) is 0.136. The summed E-state index contributed by atoms with van der Waals surface area (Å²) in [5.74, 6) is -9.84. The van der Waals surface area contributed by atoms with Crippen LogP contribution in [0.1, 0.15) is 77.0 Å². The average Bonchev–Trinajstić information content (AvgIpc) is 2.97. The lowest BCUT2D eigenvalue weighted by Gasteiger charge is -2.22. The lowest BCUT2D eigenvalue weighted by molar-refractivity contribution is -0.138.